The molecule has 0 unspecified atom stereocenters. The summed E-state index contributed by atoms with van der Waals surface area (Å²) in [7, 11) is 0. The Labute approximate surface area is 176 Å². The molecule has 0 spiro atoms. The summed E-state index contributed by atoms with van der Waals surface area (Å²) >= 11 is 12.1. The number of hydrogen-bond donors (Lipinski definition) is 2. The lowest BCUT2D eigenvalue weighted by molar-refractivity contribution is 0.0697. The molecule has 0 aliphatic rings. The van der Waals surface area contributed by atoms with Crippen molar-refractivity contribution in [1.29, 1.82) is 0 Å². The van der Waals surface area contributed by atoms with Gasteiger partial charge in [-0.25, -0.2) is 9.18 Å². The van der Waals surface area contributed by atoms with Crippen LogP contribution < -0.4 is 5.32 Å². The molecule has 0 aliphatic carbocycles. The zero-order chi connectivity index (χ0) is 21.1. The lowest BCUT2D eigenvalue weighted by Gasteiger charge is -2.12. The Morgan fingerprint density at radius 2 is 1.76 bits per heavy atom. The Balaban J connectivity index is 1.93. The van der Waals surface area contributed by atoms with Gasteiger partial charge in [0, 0.05) is 21.8 Å². The van der Waals surface area contributed by atoms with Crippen LogP contribution in [0.5, 0.6) is 0 Å². The van der Waals surface area contributed by atoms with Crippen molar-refractivity contribution in [3.63, 3.8) is 0 Å². The second kappa shape index (κ2) is 8.64. The second-order valence-electron chi connectivity index (χ2n) is 6.30. The Morgan fingerprint density at radius 3 is 2.38 bits per heavy atom. The van der Waals surface area contributed by atoms with E-state index >= 15 is 0 Å². The van der Waals surface area contributed by atoms with E-state index in [4.69, 9.17) is 23.2 Å². The zero-order valence-electron chi connectivity index (χ0n) is 15.3. The van der Waals surface area contributed by atoms with Gasteiger partial charge in [-0.3, -0.25) is 4.79 Å². The Morgan fingerprint density at radius 1 is 1.00 bits per heavy atom. The van der Waals surface area contributed by atoms with Crippen LogP contribution in [0.15, 0.2) is 54.6 Å². The molecule has 3 aromatic carbocycles. The fraction of sp³-hybridized carbons (Fsp3) is 0.0909. The predicted molar refractivity (Wildman–Crippen MR) is 112 cm³/mol. The molecule has 148 valence electrons. The van der Waals surface area contributed by atoms with Crippen LogP contribution in [0, 0.1) is 5.82 Å². The van der Waals surface area contributed by atoms with Gasteiger partial charge in [0.2, 0.25) is 0 Å². The van der Waals surface area contributed by atoms with Crippen LogP contribution in [0.2, 0.25) is 10.0 Å². The molecule has 29 heavy (non-hydrogen) atoms. The number of carboxylic acids is 1. The van der Waals surface area contributed by atoms with Crippen molar-refractivity contribution in [3.05, 3.63) is 92.7 Å². The zero-order valence-corrected chi connectivity index (χ0v) is 16.8. The van der Waals surface area contributed by atoms with Crippen molar-refractivity contribution in [1.82, 2.24) is 0 Å². The number of anilines is 2. The molecule has 0 fully saturated rings. The first-order valence-corrected chi connectivity index (χ1v) is 9.48. The smallest absolute Gasteiger partial charge is 0.335 e. The van der Waals surface area contributed by atoms with Crippen LogP contribution in [-0.2, 0) is 6.42 Å². The van der Waals surface area contributed by atoms with Gasteiger partial charge in [0.05, 0.1) is 16.3 Å². The van der Waals surface area contributed by atoms with Crippen molar-refractivity contribution in [2.75, 3.05) is 5.32 Å². The minimum absolute atomic E-state index is 0.0261. The minimum atomic E-state index is -1.11. The topological polar surface area (TPSA) is 66.4 Å². The first-order chi connectivity index (χ1) is 13.8. The maximum atomic E-state index is 14.0. The lowest BCUT2D eigenvalue weighted by atomic mass is 9.95. The predicted octanol–water partition coefficient (Wildman–Crippen LogP) is 6.37. The summed E-state index contributed by atoms with van der Waals surface area (Å²) in [5.41, 5.74) is 1.97. The molecular weight excluding hydrogens is 416 g/mol. The average molecular weight is 432 g/mol. The number of ketones is 1. The van der Waals surface area contributed by atoms with E-state index in [1.807, 2.05) is 6.92 Å². The number of hydrogen-bond acceptors (Lipinski definition) is 3. The average Bonchev–Trinajstić information content (AvgIpc) is 2.69. The number of carbonyl (C=O) groups excluding carboxylic acids is 1. The summed E-state index contributed by atoms with van der Waals surface area (Å²) in [4.78, 5) is 24.3. The van der Waals surface area contributed by atoms with Crippen molar-refractivity contribution in [2.24, 2.45) is 0 Å². The highest BCUT2D eigenvalue weighted by molar-refractivity contribution is 6.35. The van der Waals surface area contributed by atoms with E-state index in [0.717, 1.165) is 5.56 Å². The summed E-state index contributed by atoms with van der Waals surface area (Å²) in [5, 5.41) is 12.5. The van der Waals surface area contributed by atoms with Gasteiger partial charge < -0.3 is 10.4 Å². The molecule has 0 amide bonds. The van der Waals surface area contributed by atoms with Crippen molar-refractivity contribution in [3.8, 4) is 0 Å². The van der Waals surface area contributed by atoms with Gasteiger partial charge >= 0.3 is 5.97 Å². The molecule has 0 bridgehead atoms. The molecule has 0 aromatic heterocycles. The van der Waals surface area contributed by atoms with E-state index in [2.05, 4.69) is 5.32 Å². The summed E-state index contributed by atoms with van der Waals surface area (Å²) < 4.78 is 14.0. The third-order valence-corrected chi connectivity index (χ3v) is 4.95. The number of carboxylic acid groups (broad SMARTS) is 1. The largest absolute Gasteiger partial charge is 0.478 e. The van der Waals surface area contributed by atoms with Gasteiger partial charge in [0.25, 0.3) is 0 Å². The normalized spacial score (nSPS) is 10.6. The molecule has 0 heterocycles. The maximum absolute atomic E-state index is 14.0. The van der Waals surface area contributed by atoms with Crippen molar-refractivity contribution < 1.29 is 19.1 Å². The molecule has 7 heteroatoms. The first-order valence-electron chi connectivity index (χ1n) is 8.72. The fourth-order valence-corrected chi connectivity index (χ4v) is 3.32. The molecule has 0 aliphatic heterocycles. The molecule has 3 rings (SSSR count). The van der Waals surface area contributed by atoms with E-state index in [1.165, 1.54) is 36.4 Å². The van der Waals surface area contributed by atoms with Gasteiger partial charge in [-0.15, -0.1) is 0 Å². The van der Waals surface area contributed by atoms with Gasteiger partial charge in [0.1, 0.15) is 5.82 Å². The standard InChI is InChI=1S/C22H16Cl2FNO3/c1-2-12-3-4-13(22(28)29)9-17(12)21(27)16-7-6-15(11-18(16)24)26-20-8-5-14(23)10-19(20)25/h3-11,26H,2H2,1H3,(H,28,29). The monoisotopic (exact) mass is 431 g/mol. The number of benzene rings is 3. The molecule has 0 radical (unpaired) electrons. The third-order valence-electron chi connectivity index (χ3n) is 4.41. The highest BCUT2D eigenvalue weighted by Crippen LogP contribution is 2.28. The second-order valence-corrected chi connectivity index (χ2v) is 7.15. The highest BCUT2D eigenvalue weighted by atomic mass is 35.5. The number of rotatable bonds is 6. The van der Waals surface area contributed by atoms with E-state index in [0.29, 0.717) is 17.7 Å². The Kier molecular flexibility index (Phi) is 6.20. The minimum Gasteiger partial charge on any atom is -0.478 e. The molecular formula is C22H16Cl2FNO3. The van der Waals surface area contributed by atoms with Crippen LogP contribution in [-0.4, -0.2) is 16.9 Å². The van der Waals surface area contributed by atoms with E-state index < -0.39 is 11.8 Å². The summed E-state index contributed by atoms with van der Waals surface area (Å²) in [6.07, 6.45) is 0.564. The van der Waals surface area contributed by atoms with Crippen LogP contribution in [0.3, 0.4) is 0 Å². The van der Waals surface area contributed by atoms with E-state index in [9.17, 15) is 19.1 Å². The molecule has 4 nitrogen and oxygen atoms in total. The van der Waals surface area contributed by atoms with Crippen LogP contribution in [0.4, 0.5) is 15.8 Å². The molecule has 0 saturated heterocycles. The quantitative estimate of drug-likeness (QED) is 0.445. The van der Waals surface area contributed by atoms with E-state index in [1.54, 1.807) is 18.2 Å². The van der Waals surface area contributed by atoms with Crippen molar-refractivity contribution in [2.45, 2.75) is 13.3 Å². The Hall–Kier alpha value is -2.89. The summed E-state index contributed by atoms with van der Waals surface area (Å²) in [6.45, 7) is 1.88. The SMILES string of the molecule is CCc1ccc(C(=O)O)cc1C(=O)c1ccc(Nc2ccc(Cl)cc2F)cc1Cl. The molecule has 3 aromatic rings. The van der Waals surface area contributed by atoms with Gasteiger partial charge in [0.15, 0.2) is 5.78 Å². The van der Waals surface area contributed by atoms with Crippen LogP contribution in [0.25, 0.3) is 0 Å². The summed E-state index contributed by atoms with van der Waals surface area (Å²) in [6, 6.07) is 13.3. The highest BCUT2D eigenvalue weighted by Gasteiger charge is 2.18. The fourth-order valence-electron chi connectivity index (χ4n) is 2.90. The van der Waals surface area contributed by atoms with Crippen LogP contribution >= 0.6 is 23.2 Å². The van der Waals surface area contributed by atoms with Crippen LogP contribution in [0.1, 0.15) is 38.8 Å². The number of halogens is 3. The first kappa shape index (κ1) is 20.8. The maximum Gasteiger partial charge on any atom is 0.335 e. The number of carbonyl (C=O) groups is 2. The van der Waals surface area contributed by atoms with Gasteiger partial charge in [-0.05, 0) is 60.5 Å². The third kappa shape index (κ3) is 4.58. The molecule has 0 saturated carbocycles. The van der Waals surface area contributed by atoms with Gasteiger partial charge in [-0.1, -0.05) is 36.2 Å². The van der Waals surface area contributed by atoms with Crippen molar-refractivity contribution >= 4 is 46.3 Å². The number of nitrogens with one attached hydrogen (secondary N) is 1. The van der Waals surface area contributed by atoms with E-state index in [-0.39, 0.29) is 32.6 Å². The number of aromatic carboxylic acids is 1. The number of aryl methyl sites for hydroxylation is 1. The molecule has 2 N–H and O–H groups in total. The molecule has 0 atom stereocenters. The van der Waals surface area contributed by atoms with Gasteiger partial charge in [-0.2, -0.15) is 0 Å². The lowest BCUT2D eigenvalue weighted by Crippen LogP contribution is -2.09. The Bertz CT molecular complexity index is 1120. The summed E-state index contributed by atoms with van der Waals surface area (Å²) in [5.74, 6) is -2.01.